The molecule has 0 N–H and O–H groups in total. The summed E-state index contributed by atoms with van der Waals surface area (Å²) in [7, 11) is 0. The average Bonchev–Trinajstić information content (AvgIpc) is 2.92. The van der Waals surface area contributed by atoms with E-state index in [1.165, 1.54) is 0 Å². The fourth-order valence-electron chi connectivity index (χ4n) is 2.80. The molecule has 2 aromatic rings. The predicted octanol–water partition coefficient (Wildman–Crippen LogP) is 3.06. The van der Waals surface area contributed by atoms with E-state index in [0.717, 1.165) is 12.0 Å². The SMILES string of the molecule is O=Cc1ccc(OCCOCCOCCOCCOCCOCCOCCOc2ccccc2)cc1. The molecule has 0 aliphatic rings. The molecule has 0 saturated heterocycles. The molecule has 9 heteroatoms. The highest BCUT2D eigenvalue weighted by Crippen LogP contribution is 2.10. The van der Waals surface area contributed by atoms with Crippen LogP contribution in [0.15, 0.2) is 54.6 Å². The molecule has 0 amide bonds. The van der Waals surface area contributed by atoms with E-state index in [1.54, 1.807) is 24.3 Å². The summed E-state index contributed by atoms with van der Waals surface area (Å²) in [5.74, 6) is 1.55. The number of benzene rings is 2. The zero-order valence-electron chi connectivity index (χ0n) is 20.8. The van der Waals surface area contributed by atoms with Gasteiger partial charge in [0, 0.05) is 5.56 Å². The predicted molar refractivity (Wildman–Crippen MR) is 134 cm³/mol. The zero-order valence-corrected chi connectivity index (χ0v) is 20.8. The number of carbonyl (C=O) groups is 1. The Bertz CT molecular complexity index is 756. The minimum Gasteiger partial charge on any atom is -0.491 e. The Morgan fingerprint density at radius 1 is 0.417 bits per heavy atom. The third-order valence-electron chi connectivity index (χ3n) is 4.61. The van der Waals surface area contributed by atoms with Gasteiger partial charge in [-0.25, -0.2) is 0 Å². The van der Waals surface area contributed by atoms with E-state index in [1.807, 2.05) is 30.3 Å². The maximum absolute atomic E-state index is 10.6. The third kappa shape index (κ3) is 16.2. The topological polar surface area (TPSA) is 90.9 Å². The second-order valence-corrected chi connectivity index (χ2v) is 7.37. The van der Waals surface area contributed by atoms with Crippen molar-refractivity contribution in [3.05, 3.63) is 60.2 Å². The van der Waals surface area contributed by atoms with Crippen molar-refractivity contribution >= 4 is 6.29 Å². The lowest BCUT2D eigenvalue weighted by Crippen LogP contribution is -2.15. The number of rotatable bonds is 24. The van der Waals surface area contributed by atoms with E-state index in [2.05, 4.69) is 0 Å². The fraction of sp³-hybridized carbons (Fsp3) is 0.519. The summed E-state index contributed by atoms with van der Waals surface area (Å²) >= 11 is 0. The van der Waals surface area contributed by atoms with E-state index in [-0.39, 0.29) is 0 Å². The van der Waals surface area contributed by atoms with Crippen LogP contribution in [0.25, 0.3) is 0 Å². The Morgan fingerprint density at radius 2 is 0.750 bits per heavy atom. The Morgan fingerprint density at radius 3 is 1.11 bits per heavy atom. The molecule has 0 radical (unpaired) electrons. The van der Waals surface area contributed by atoms with Gasteiger partial charge in [-0.15, -0.1) is 0 Å². The number of hydrogen-bond donors (Lipinski definition) is 0. The summed E-state index contributed by atoms with van der Waals surface area (Å²) in [6.45, 7) is 7.04. The Balaban J connectivity index is 1.21. The van der Waals surface area contributed by atoms with Crippen LogP contribution in [-0.4, -0.2) is 98.8 Å². The van der Waals surface area contributed by atoms with Crippen molar-refractivity contribution in [2.24, 2.45) is 0 Å². The summed E-state index contributed by atoms with van der Waals surface area (Å²) in [5, 5.41) is 0. The first-order valence-electron chi connectivity index (χ1n) is 12.2. The average molecular weight is 507 g/mol. The van der Waals surface area contributed by atoms with Crippen LogP contribution in [-0.2, 0) is 28.4 Å². The Kier molecular flexibility index (Phi) is 17.9. The first kappa shape index (κ1) is 29.7. The van der Waals surface area contributed by atoms with Gasteiger partial charge in [0.15, 0.2) is 0 Å². The highest BCUT2D eigenvalue weighted by Gasteiger charge is 1.97. The largest absolute Gasteiger partial charge is 0.491 e. The van der Waals surface area contributed by atoms with Gasteiger partial charge in [0.05, 0.1) is 79.3 Å². The van der Waals surface area contributed by atoms with Crippen LogP contribution in [0.4, 0.5) is 0 Å². The van der Waals surface area contributed by atoms with Gasteiger partial charge in [-0.1, -0.05) is 18.2 Å². The number of ether oxygens (including phenoxy) is 8. The van der Waals surface area contributed by atoms with Gasteiger partial charge < -0.3 is 37.9 Å². The van der Waals surface area contributed by atoms with Crippen LogP contribution in [0.3, 0.4) is 0 Å². The van der Waals surface area contributed by atoms with Crippen LogP contribution in [0.2, 0.25) is 0 Å². The molecule has 0 bridgehead atoms. The van der Waals surface area contributed by atoms with Crippen molar-refractivity contribution in [2.75, 3.05) is 92.5 Å². The Hall–Kier alpha value is -2.53. The van der Waals surface area contributed by atoms with Gasteiger partial charge in [0.2, 0.25) is 0 Å². The van der Waals surface area contributed by atoms with Crippen molar-refractivity contribution in [2.45, 2.75) is 0 Å². The van der Waals surface area contributed by atoms with Gasteiger partial charge in [-0.05, 0) is 36.4 Å². The second kappa shape index (κ2) is 21.7. The summed E-state index contributed by atoms with van der Waals surface area (Å²) in [6.07, 6.45) is 0.800. The molecule has 2 aromatic carbocycles. The molecule has 0 unspecified atom stereocenters. The van der Waals surface area contributed by atoms with E-state index in [0.29, 0.717) is 104 Å². The minimum atomic E-state index is 0.437. The highest BCUT2D eigenvalue weighted by molar-refractivity contribution is 5.74. The maximum Gasteiger partial charge on any atom is 0.150 e. The quantitative estimate of drug-likeness (QED) is 0.157. The fourth-order valence-corrected chi connectivity index (χ4v) is 2.80. The molecule has 0 spiro atoms. The molecular weight excluding hydrogens is 468 g/mol. The van der Waals surface area contributed by atoms with Crippen molar-refractivity contribution in [3.63, 3.8) is 0 Å². The first-order chi connectivity index (χ1) is 17.9. The molecule has 0 saturated carbocycles. The minimum absolute atomic E-state index is 0.437. The van der Waals surface area contributed by atoms with Crippen LogP contribution >= 0.6 is 0 Å². The zero-order chi connectivity index (χ0) is 25.4. The molecule has 0 fully saturated rings. The first-order valence-corrected chi connectivity index (χ1v) is 12.2. The van der Waals surface area contributed by atoms with Crippen molar-refractivity contribution in [3.8, 4) is 11.5 Å². The summed E-state index contributed by atoms with van der Waals surface area (Å²) in [5.41, 5.74) is 0.622. The molecule has 200 valence electrons. The van der Waals surface area contributed by atoms with Crippen LogP contribution in [0.5, 0.6) is 11.5 Å². The van der Waals surface area contributed by atoms with E-state index < -0.39 is 0 Å². The summed E-state index contributed by atoms with van der Waals surface area (Å²) in [6, 6.07) is 16.6. The van der Waals surface area contributed by atoms with Crippen LogP contribution in [0.1, 0.15) is 10.4 Å². The van der Waals surface area contributed by atoms with E-state index in [4.69, 9.17) is 37.9 Å². The number of para-hydroxylation sites is 1. The van der Waals surface area contributed by atoms with E-state index >= 15 is 0 Å². The highest BCUT2D eigenvalue weighted by atomic mass is 16.6. The molecule has 2 rings (SSSR count). The third-order valence-corrected chi connectivity index (χ3v) is 4.61. The molecule has 9 nitrogen and oxygen atoms in total. The summed E-state index contributed by atoms with van der Waals surface area (Å²) in [4.78, 5) is 10.6. The molecule has 0 atom stereocenters. The number of aldehydes is 1. The van der Waals surface area contributed by atoms with Gasteiger partial charge in [-0.3, -0.25) is 4.79 Å². The summed E-state index contributed by atoms with van der Waals surface area (Å²) < 4.78 is 43.8. The second-order valence-electron chi connectivity index (χ2n) is 7.37. The van der Waals surface area contributed by atoms with Crippen LogP contribution in [0, 0.1) is 0 Å². The van der Waals surface area contributed by atoms with Gasteiger partial charge >= 0.3 is 0 Å². The molecule has 0 aliphatic carbocycles. The molecule has 0 heterocycles. The maximum atomic E-state index is 10.6. The molecular formula is C27H38O9. The van der Waals surface area contributed by atoms with Gasteiger partial charge in [0.25, 0.3) is 0 Å². The molecule has 0 aliphatic heterocycles. The molecule has 0 aromatic heterocycles. The number of hydrogen-bond acceptors (Lipinski definition) is 9. The van der Waals surface area contributed by atoms with Gasteiger partial charge in [-0.2, -0.15) is 0 Å². The van der Waals surface area contributed by atoms with Crippen molar-refractivity contribution < 1.29 is 42.7 Å². The van der Waals surface area contributed by atoms with Gasteiger partial charge in [0.1, 0.15) is 31.0 Å². The number of carbonyl (C=O) groups excluding carboxylic acids is 1. The molecule has 36 heavy (non-hydrogen) atoms. The smallest absolute Gasteiger partial charge is 0.150 e. The standard InChI is InChI=1S/C27H38O9/c28-24-25-6-8-27(9-7-25)36-23-21-34-19-17-32-15-13-30-11-10-29-12-14-31-16-18-33-20-22-35-26-4-2-1-3-5-26/h1-9,24H,10-23H2. The van der Waals surface area contributed by atoms with Crippen molar-refractivity contribution in [1.29, 1.82) is 0 Å². The monoisotopic (exact) mass is 506 g/mol. The van der Waals surface area contributed by atoms with Crippen LogP contribution < -0.4 is 9.47 Å². The van der Waals surface area contributed by atoms with Crippen molar-refractivity contribution in [1.82, 2.24) is 0 Å². The lowest BCUT2D eigenvalue weighted by Gasteiger charge is -2.09. The normalized spacial score (nSPS) is 10.9. The van der Waals surface area contributed by atoms with E-state index in [9.17, 15) is 4.79 Å². The lowest BCUT2D eigenvalue weighted by molar-refractivity contribution is -0.0187. The Labute approximate surface area is 213 Å². The lowest BCUT2D eigenvalue weighted by atomic mass is 10.2.